The third-order valence-corrected chi connectivity index (χ3v) is 3.18. The molecule has 1 amide bonds. The van der Waals surface area contributed by atoms with Gasteiger partial charge in [0, 0.05) is 24.7 Å². The number of benzene rings is 1. The lowest BCUT2D eigenvalue weighted by molar-refractivity contribution is 0.0938. The number of nitrogens with zero attached hydrogens (tertiary/aromatic N) is 1. The first kappa shape index (κ1) is 12.1. The fourth-order valence-electron chi connectivity index (χ4n) is 2.11. The van der Waals surface area contributed by atoms with Crippen LogP contribution in [0.3, 0.4) is 0 Å². The van der Waals surface area contributed by atoms with Gasteiger partial charge in [0.25, 0.3) is 5.91 Å². The highest BCUT2D eigenvalue weighted by molar-refractivity contribution is 5.94. The molecule has 1 heterocycles. The summed E-state index contributed by atoms with van der Waals surface area (Å²) in [5.41, 5.74) is 7.27. The number of hydrogen-bond donors (Lipinski definition) is 2. The molecule has 1 aromatic rings. The second-order valence-corrected chi connectivity index (χ2v) is 4.62. The lowest BCUT2D eigenvalue weighted by Crippen LogP contribution is -2.36. The molecule has 0 aromatic heterocycles. The summed E-state index contributed by atoms with van der Waals surface area (Å²) in [6, 6.07) is 7.74. The highest BCUT2D eigenvalue weighted by atomic mass is 16.1. The van der Waals surface area contributed by atoms with Gasteiger partial charge in [-0.25, -0.2) is 0 Å². The van der Waals surface area contributed by atoms with E-state index in [0.29, 0.717) is 12.1 Å². The Morgan fingerprint density at radius 2 is 2.18 bits per heavy atom. The third-order valence-electron chi connectivity index (χ3n) is 3.18. The van der Waals surface area contributed by atoms with E-state index in [2.05, 4.69) is 17.3 Å². The number of carbonyl (C=O) groups excluding carboxylic acids is 1. The maximum Gasteiger partial charge on any atom is 0.251 e. The molecular formula is C13H19N3O. The fraction of sp³-hybridized carbons (Fsp3) is 0.462. The average molecular weight is 233 g/mol. The van der Waals surface area contributed by atoms with Gasteiger partial charge in [-0.15, -0.1) is 0 Å². The number of nitrogens with one attached hydrogen (secondary N) is 1. The first-order valence-corrected chi connectivity index (χ1v) is 5.97. The molecule has 92 valence electrons. The van der Waals surface area contributed by atoms with Gasteiger partial charge in [0.05, 0.1) is 0 Å². The highest BCUT2D eigenvalue weighted by Gasteiger charge is 2.21. The van der Waals surface area contributed by atoms with Crippen molar-refractivity contribution in [3.05, 3.63) is 35.4 Å². The second kappa shape index (κ2) is 5.29. The van der Waals surface area contributed by atoms with Crippen molar-refractivity contribution >= 4 is 5.91 Å². The van der Waals surface area contributed by atoms with Crippen molar-refractivity contribution in [1.29, 1.82) is 0 Å². The number of hydrogen-bond acceptors (Lipinski definition) is 3. The number of nitrogens with two attached hydrogens (primary N) is 1. The number of carbonyl (C=O) groups is 1. The summed E-state index contributed by atoms with van der Waals surface area (Å²) >= 11 is 0. The molecular weight excluding hydrogens is 214 g/mol. The van der Waals surface area contributed by atoms with Crippen molar-refractivity contribution in [2.45, 2.75) is 19.0 Å². The lowest BCUT2D eigenvalue weighted by atomic mass is 10.1. The number of likely N-dealkylation sites (tertiary alicyclic amines) is 1. The van der Waals surface area contributed by atoms with Crippen LogP contribution in [0, 0.1) is 0 Å². The summed E-state index contributed by atoms with van der Waals surface area (Å²) in [5.74, 6) is 0.00821. The molecule has 0 spiro atoms. The minimum atomic E-state index is 0.00821. The molecule has 2 rings (SSSR count). The summed E-state index contributed by atoms with van der Waals surface area (Å²) in [6.45, 7) is 2.50. The lowest BCUT2D eigenvalue weighted by Gasteiger charge is -2.13. The van der Waals surface area contributed by atoms with Crippen LogP contribution in [0.25, 0.3) is 0 Å². The monoisotopic (exact) mass is 233 g/mol. The Balaban J connectivity index is 1.94. The summed E-state index contributed by atoms with van der Waals surface area (Å²) < 4.78 is 0. The Kier molecular flexibility index (Phi) is 3.76. The molecule has 3 N–H and O–H groups in total. The van der Waals surface area contributed by atoms with Gasteiger partial charge in [0.1, 0.15) is 0 Å². The van der Waals surface area contributed by atoms with E-state index in [4.69, 9.17) is 5.73 Å². The van der Waals surface area contributed by atoms with Crippen LogP contribution in [-0.2, 0) is 6.54 Å². The third kappa shape index (κ3) is 3.05. The predicted octanol–water partition coefficient (Wildman–Crippen LogP) is 0.579. The van der Waals surface area contributed by atoms with E-state index in [9.17, 15) is 4.79 Å². The molecule has 0 saturated carbocycles. The molecule has 4 heteroatoms. The Morgan fingerprint density at radius 1 is 1.47 bits per heavy atom. The molecule has 4 nitrogen and oxygen atoms in total. The molecule has 1 aliphatic heterocycles. The zero-order chi connectivity index (χ0) is 12.3. The molecule has 1 aromatic carbocycles. The molecule has 1 unspecified atom stereocenters. The molecule has 17 heavy (non-hydrogen) atoms. The van der Waals surface area contributed by atoms with Crippen molar-refractivity contribution in [3.63, 3.8) is 0 Å². The predicted molar refractivity (Wildman–Crippen MR) is 67.7 cm³/mol. The minimum Gasteiger partial charge on any atom is -0.348 e. The average Bonchev–Trinajstić information content (AvgIpc) is 2.75. The Labute approximate surface area is 102 Å². The van der Waals surface area contributed by atoms with Gasteiger partial charge in [-0.3, -0.25) is 4.79 Å². The fourth-order valence-corrected chi connectivity index (χ4v) is 2.11. The Hall–Kier alpha value is -1.39. The van der Waals surface area contributed by atoms with Gasteiger partial charge in [-0.1, -0.05) is 12.1 Å². The van der Waals surface area contributed by atoms with Crippen LogP contribution in [0.15, 0.2) is 24.3 Å². The van der Waals surface area contributed by atoms with Gasteiger partial charge in [0.15, 0.2) is 0 Å². The van der Waals surface area contributed by atoms with Crippen LogP contribution in [0.4, 0.5) is 0 Å². The summed E-state index contributed by atoms with van der Waals surface area (Å²) in [7, 11) is 2.07. The number of rotatable bonds is 3. The standard InChI is InChI=1S/C13H19N3O/c1-16-7-6-12(9-16)15-13(17)11-4-2-10(8-14)3-5-11/h2-5,12H,6-9,14H2,1H3,(H,15,17). The first-order valence-electron chi connectivity index (χ1n) is 5.97. The zero-order valence-corrected chi connectivity index (χ0v) is 10.1. The van der Waals surface area contributed by atoms with Crippen LogP contribution >= 0.6 is 0 Å². The van der Waals surface area contributed by atoms with E-state index >= 15 is 0 Å². The number of likely N-dealkylation sites (N-methyl/N-ethyl adjacent to an activating group) is 1. The Bertz CT molecular complexity index is 388. The maximum absolute atomic E-state index is 11.9. The van der Waals surface area contributed by atoms with E-state index < -0.39 is 0 Å². The summed E-state index contributed by atoms with van der Waals surface area (Å²) in [6.07, 6.45) is 1.03. The topological polar surface area (TPSA) is 58.4 Å². The van der Waals surface area contributed by atoms with Crippen molar-refractivity contribution in [3.8, 4) is 0 Å². The van der Waals surface area contributed by atoms with Gasteiger partial charge in [0.2, 0.25) is 0 Å². The Morgan fingerprint density at radius 3 is 2.71 bits per heavy atom. The second-order valence-electron chi connectivity index (χ2n) is 4.62. The van der Waals surface area contributed by atoms with Crippen LogP contribution in [-0.4, -0.2) is 37.0 Å². The van der Waals surface area contributed by atoms with Crippen LogP contribution in [0.5, 0.6) is 0 Å². The zero-order valence-electron chi connectivity index (χ0n) is 10.1. The highest BCUT2D eigenvalue weighted by Crippen LogP contribution is 2.08. The van der Waals surface area contributed by atoms with Crippen LogP contribution in [0.2, 0.25) is 0 Å². The van der Waals surface area contributed by atoms with Crippen LogP contribution < -0.4 is 11.1 Å². The van der Waals surface area contributed by atoms with Crippen molar-refractivity contribution in [1.82, 2.24) is 10.2 Å². The molecule has 0 aliphatic carbocycles. The van der Waals surface area contributed by atoms with E-state index in [1.807, 2.05) is 24.3 Å². The van der Waals surface area contributed by atoms with E-state index in [1.54, 1.807) is 0 Å². The summed E-state index contributed by atoms with van der Waals surface area (Å²) in [5, 5.41) is 3.05. The smallest absolute Gasteiger partial charge is 0.251 e. The van der Waals surface area contributed by atoms with Gasteiger partial charge >= 0.3 is 0 Å². The van der Waals surface area contributed by atoms with Crippen molar-refractivity contribution in [2.24, 2.45) is 5.73 Å². The molecule has 1 saturated heterocycles. The number of amides is 1. The molecule has 1 aliphatic rings. The van der Waals surface area contributed by atoms with Gasteiger partial charge < -0.3 is 16.0 Å². The van der Waals surface area contributed by atoms with Gasteiger partial charge in [-0.05, 0) is 37.7 Å². The van der Waals surface area contributed by atoms with E-state index in [0.717, 1.165) is 25.1 Å². The molecule has 1 atom stereocenters. The van der Waals surface area contributed by atoms with Crippen LogP contribution in [0.1, 0.15) is 22.3 Å². The van der Waals surface area contributed by atoms with Crippen molar-refractivity contribution in [2.75, 3.05) is 20.1 Å². The molecule has 0 bridgehead atoms. The SMILES string of the molecule is CN1CCC(NC(=O)c2ccc(CN)cc2)C1. The maximum atomic E-state index is 11.9. The molecule has 1 fully saturated rings. The summed E-state index contributed by atoms with van der Waals surface area (Å²) in [4.78, 5) is 14.2. The largest absolute Gasteiger partial charge is 0.348 e. The van der Waals surface area contributed by atoms with Crippen molar-refractivity contribution < 1.29 is 4.79 Å². The normalized spacial score (nSPS) is 20.5. The quantitative estimate of drug-likeness (QED) is 0.803. The van der Waals surface area contributed by atoms with E-state index in [-0.39, 0.29) is 11.9 Å². The van der Waals surface area contributed by atoms with E-state index in [1.165, 1.54) is 0 Å². The first-order chi connectivity index (χ1) is 8.19. The minimum absolute atomic E-state index is 0.00821. The molecule has 0 radical (unpaired) electrons. The van der Waals surface area contributed by atoms with Gasteiger partial charge in [-0.2, -0.15) is 0 Å².